The number of nitrogens with zero attached hydrogens (tertiary/aromatic N) is 3. The van der Waals surface area contributed by atoms with Crippen molar-refractivity contribution in [2.24, 2.45) is 0 Å². The van der Waals surface area contributed by atoms with Gasteiger partial charge in [-0.1, -0.05) is 71.5 Å². The molecular formula is C25H22ClN3O4S3. The van der Waals surface area contributed by atoms with E-state index in [9.17, 15) is 13.2 Å². The lowest BCUT2D eigenvalue weighted by molar-refractivity contribution is -0.122. The lowest BCUT2D eigenvalue weighted by Gasteiger charge is -2.15. The number of benzene rings is 2. The number of anilines is 1. The average Bonchev–Trinajstić information content (AvgIpc) is 3.58. The number of aryl methyl sites for hydroxylation is 1. The summed E-state index contributed by atoms with van der Waals surface area (Å²) in [5.41, 5.74) is 1.73. The summed E-state index contributed by atoms with van der Waals surface area (Å²) < 4.78 is 33.3. The smallest absolute Gasteiger partial charge is 0.266 e. The van der Waals surface area contributed by atoms with E-state index < -0.39 is 9.84 Å². The molecule has 3 aromatic rings. The molecule has 0 atom stereocenters. The molecule has 0 saturated carbocycles. The molecule has 2 fully saturated rings. The van der Waals surface area contributed by atoms with Crippen molar-refractivity contribution in [3.05, 3.63) is 75.5 Å². The standard InChI is InChI=1S/C25H22ClN3O4S3/c1-16-8-10-18(11-9-16)36(31,32)22-24(28-12-4-5-13-28)33-21(27-22)14-20-23(30)29(25(34)35-20)15-17-6-2-3-7-19(17)26/h2-3,6-11,14H,4-5,12-13,15H2,1H3. The van der Waals surface area contributed by atoms with Crippen molar-refractivity contribution in [3.8, 4) is 0 Å². The molecule has 2 aliphatic heterocycles. The first kappa shape index (κ1) is 25.0. The SMILES string of the molecule is Cc1ccc(S(=O)(=O)c2nc(C=C3SC(=S)N(Cc4ccccc4Cl)C3=O)oc2N2CCCC2)cc1. The number of amides is 1. The quantitative estimate of drug-likeness (QED) is 0.290. The van der Waals surface area contributed by atoms with Crippen LogP contribution in [-0.4, -0.2) is 41.6 Å². The van der Waals surface area contributed by atoms with Crippen LogP contribution in [0.5, 0.6) is 0 Å². The number of carbonyl (C=O) groups excluding carboxylic acids is 1. The Morgan fingerprint density at radius 1 is 1.14 bits per heavy atom. The van der Waals surface area contributed by atoms with Crippen molar-refractivity contribution in [3.63, 3.8) is 0 Å². The third-order valence-electron chi connectivity index (χ3n) is 5.99. The van der Waals surface area contributed by atoms with Crippen LogP contribution in [0, 0.1) is 6.92 Å². The molecule has 3 heterocycles. The third kappa shape index (κ3) is 4.82. The fourth-order valence-corrected chi connectivity index (χ4v) is 6.79. The summed E-state index contributed by atoms with van der Waals surface area (Å²) in [6.07, 6.45) is 3.32. The van der Waals surface area contributed by atoms with Gasteiger partial charge in [-0.05, 0) is 43.5 Å². The molecule has 0 N–H and O–H groups in total. The zero-order chi connectivity index (χ0) is 25.4. The number of hydrogen-bond donors (Lipinski definition) is 0. The number of sulfone groups is 1. The summed E-state index contributed by atoms with van der Waals surface area (Å²) in [6.45, 7) is 3.47. The summed E-state index contributed by atoms with van der Waals surface area (Å²) in [5.74, 6) is -0.0690. The summed E-state index contributed by atoms with van der Waals surface area (Å²) in [7, 11) is -3.94. The molecular weight excluding hydrogens is 538 g/mol. The molecule has 0 unspecified atom stereocenters. The minimum absolute atomic E-state index is 0.0424. The first-order chi connectivity index (χ1) is 17.2. The van der Waals surface area contributed by atoms with Gasteiger partial charge < -0.3 is 9.32 Å². The van der Waals surface area contributed by atoms with Crippen LogP contribution in [-0.2, 0) is 21.2 Å². The molecule has 0 radical (unpaired) electrons. The maximum atomic E-state index is 13.5. The highest BCUT2D eigenvalue weighted by molar-refractivity contribution is 8.26. The maximum Gasteiger partial charge on any atom is 0.266 e. The molecule has 0 spiro atoms. The highest BCUT2D eigenvalue weighted by Gasteiger charge is 2.35. The van der Waals surface area contributed by atoms with Gasteiger partial charge in [0.05, 0.1) is 16.3 Å². The van der Waals surface area contributed by atoms with Crippen LogP contribution < -0.4 is 4.90 Å². The van der Waals surface area contributed by atoms with E-state index in [0.29, 0.717) is 27.3 Å². The van der Waals surface area contributed by atoms with Gasteiger partial charge in [-0.3, -0.25) is 9.69 Å². The Hall–Kier alpha value is -2.66. The van der Waals surface area contributed by atoms with Gasteiger partial charge in [0.1, 0.15) is 4.32 Å². The molecule has 36 heavy (non-hydrogen) atoms. The number of carbonyl (C=O) groups is 1. The van der Waals surface area contributed by atoms with Crippen LogP contribution in [0.15, 0.2) is 67.8 Å². The number of hydrogen-bond acceptors (Lipinski definition) is 8. The van der Waals surface area contributed by atoms with Crippen molar-refractivity contribution in [1.29, 1.82) is 0 Å². The van der Waals surface area contributed by atoms with Crippen molar-refractivity contribution < 1.29 is 17.6 Å². The number of aromatic nitrogens is 1. The zero-order valence-corrected chi connectivity index (χ0v) is 22.5. The van der Waals surface area contributed by atoms with Crippen LogP contribution in [0.25, 0.3) is 6.08 Å². The first-order valence-electron chi connectivity index (χ1n) is 11.3. The van der Waals surface area contributed by atoms with Crippen molar-refractivity contribution in [2.75, 3.05) is 18.0 Å². The highest BCUT2D eigenvalue weighted by Crippen LogP contribution is 2.37. The van der Waals surface area contributed by atoms with E-state index in [2.05, 4.69) is 4.98 Å². The van der Waals surface area contributed by atoms with Crippen LogP contribution >= 0.6 is 35.6 Å². The summed E-state index contributed by atoms with van der Waals surface area (Å²) >= 11 is 12.8. The van der Waals surface area contributed by atoms with Gasteiger partial charge in [-0.2, -0.15) is 4.98 Å². The van der Waals surface area contributed by atoms with Crippen LogP contribution in [0.2, 0.25) is 5.02 Å². The average molecular weight is 560 g/mol. The number of thioether (sulfide) groups is 1. The fourth-order valence-electron chi connectivity index (χ4n) is 4.04. The predicted molar refractivity (Wildman–Crippen MR) is 145 cm³/mol. The summed E-state index contributed by atoms with van der Waals surface area (Å²) in [5, 5.41) is 0.399. The Morgan fingerprint density at radius 3 is 2.53 bits per heavy atom. The zero-order valence-electron chi connectivity index (χ0n) is 19.3. The highest BCUT2D eigenvalue weighted by atomic mass is 35.5. The van der Waals surface area contributed by atoms with Crippen LogP contribution in [0.4, 0.5) is 5.88 Å². The van der Waals surface area contributed by atoms with Gasteiger partial charge in [0.15, 0.2) is 0 Å². The predicted octanol–water partition coefficient (Wildman–Crippen LogP) is 5.47. The Kier molecular flexibility index (Phi) is 6.95. The molecule has 186 valence electrons. The third-order valence-corrected chi connectivity index (χ3v) is 9.40. The summed E-state index contributed by atoms with van der Waals surface area (Å²) in [6, 6.07) is 13.9. The molecule has 2 saturated heterocycles. The van der Waals surface area contributed by atoms with Crippen molar-refractivity contribution in [2.45, 2.75) is 36.2 Å². The maximum absolute atomic E-state index is 13.5. The van der Waals surface area contributed by atoms with E-state index in [0.717, 1.165) is 35.7 Å². The molecule has 2 aliphatic rings. The number of halogens is 1. The monoisotopic (exact) mass is 559 g/mol. The molecule has 2 aromatic carbocycles. The normalized spacial score (nSPS) is 17.6. The molecule has 0 aliphatic carbocycles. The van der Waals surface area contributed by atoms with Gasteiger partial charge in [-0.25, -0.2) is 8.42 Å². The minimum Gasteiger partial charge on any atom is -0.420 e. The Balaban J connectivity index is 1.49. The number of rotatable bonds is 6. The van der Waals surface area contributed by atoms with Crippen LogP contribution in [0.3, 0.4) is 0 Å². The van der Waals surface area contributed by atoms with E-state index in [-0.39, 0.29) is 34.1 Å². The van der Waals surface area contributed by atoms with Gasteiger partial charge in [0.2, 0.25) is 26.6 Å². The topological polar surface area (TPSA) is 83.7 Å². The molecule has 1 amide bonds. The van der Waals surface area contributed by atoms with E-state index in [1.54, 1.807) is 30.3 Å². The van der Waals surface area contributed by atoms with Crippen LogP contribution in [0.1, 0.15) is 29.9 Å². The van der Waals surface area contributed by atoms with E-state index in [1.165, 1.54) is 11.0 Å². The lowest BCUT2D eigenvalue weighted by Crippen LogP contribution is -2.27. The van der Waals surface area contributed by atoms with Gasteiger partial charge in [-0.15, -0.1) is 0 Å². The van der Waals surface area contributed by atoms with E-state index in [4.69, 9.17) is 28.2 Å². The van der Waals surface area contributed by atoms with Gasteiger partial charge in [0, 0.05) is 24.2 Å². The molecule has 5 rings (SSSR count). The van der Waals surface area contributed by atoms with Gasteiger partial charge in [0.25, 0.3) is 5.91 Å². The Bertz CT molecular complexity index is 1480. The summed E-state index contributed by atoms with van der Waals surface area (Å²) in [4.78, 5) is 21.3. The number of thiocarbonyl (C=S) groups is 1. The first-order valence-corrected chi connectivity index (χ1v) is 14.4. The fraction of sp³-hybridized carbons (Fsp3) is 0.240. The van der Waals surface area contributed by atoms with E-state index in [1.807, 2.05) is 30.0 Å². The van der Waals surface area contributed by atoms with Crippen molar-refractivity contribution >= 4 is 67.6 Å². The van der Waals surface area contributed by atoms with E-state index >= 15 is 0 Å². The Morgan fingerprint density at radius 2 is 1.83 bits per heavy atom. The second-order valence-electron chi connectivity index (χ2n) is 8.53. The molecule has 7 nitrogen and oxygen atoms in total. The largest absolute Gasteiger partial charge is 0.420 e. The molecule has 1 aromatic heterocycles. The minimum atomic E-state index is -3.94. The second-order valence-corrected chi connectivity index (χ2v) is 12.5. The lowest BCUT2D eigenvalue weighted by atomic mass is 10.2. The second kappa shape index (κ2) is 10.0. The molecule has 11 heteroatoms. The van der Waals surface area contributed by atoms with Gasteiger partial charge >= 0.3 is 0 Å². The Labute approximate surface area is 224 Å². The molecule has 0 bridgehead atoms. The van der Waals surface area contributed by atoms with Crippen molar-refractivity contribution in [1.82, 2.24) is 9.88 Å². The number of oxazole rings is 1.